The van der Waals surface area contributed by atoms with Crippen molar-refractivity contribution < 1.29 is 27.5 Å². The van der Waals surface area contributed by atoms with Crippen LogP contribution in [0, 0.1) is 5.92 Å². The summed E-state index contributed by atoms with van der Waals surface area (Å²) in [7, 11) is -3.93. The Hall–Kier alpha value is -3.45. The van der Waals surface area contributed by atoms with E-state index in [1.54, 1.807) is 66.7 Å². The molecule has 7 heteroatoms. The van der Waals surface area contributed by atoms with Gasteiger partial charge in [0.2, 0.25) is 0 Å². The van der Waals surface area contributed by atoms with Crippen molar-refractivity contribution in [2.24, 2.45) is 5.92 Å². The van der Waals surface area contributed by atoms with E-state index in [1.165, 1.54) is 12.1 Å². The van der Waals surface area contributed by atoms with E-state index in [4.69, 9.17) is 9.47 Å². The molecule has 0 heterocycles. The fraction of sp³-hybridized carbons (Fsp3) is 0.333. The van der Waals surface area contributed by atoms with E-state index in [0.717, 1.165) is 12.8 Å². The summed E-state index contributed by atoms with van der Waals surface area (Å²) in [5.74, 6) is -1.52. The molecule has 2 atom stereocenters. The maximum absolute atomic E-state index is 14.0. The molecule has 3 aromatic carbocycles. The van der Waals surface area contributed by atoms with Gasteiger partial charge in [0.15, 0.2) is 9.84 Å². The number of para-hydroxylation sites is 1. The first-order valence-electron chi connectivity index (χ1n) is 12.7. The van der Waals surface area contributed by atoms with Crippen LogP contribution in [0.25, 0.3) is 0 Å². The predicted octanol–water partition coefficient (Wildman–Crippen LogP) is 6.51. The Bertz CT molecular complexity index is 1260. The topological polar surface area (TPSA) is 86.7 Å². The van der Waals surface area contributed by atoms with Crippen molar-refractivity contribution in [2.75, 3.05) is 6.61 Å². The molecule has 2 unspecified atom stereocenters. The van der Waals surface area contributed by atoms with Gasteiger partial charge < -0.3 is 9.47 Å². The first-order chi connectivity index (χ1) is 17.9. The average Bonchev–Trinajstić information content (AvgIpc) is 2.93. The summed E-state index contributed by atoms with van der Waals surface area (Å²) in [5.41, 5.74) is 0.748. The molecule has 0 saturated heterocycles. The number of esters is 2. The van der Waals surface area contributed by atoms with Crippen LogP contribution in [0.15, 0.2) is 89.8 Å². The SMILES string of the molecule is CCCCC(COC(=O)c1ccccc1)C(CCC)S(=O)(=O)c1ccccc1OC(=O)c1ccccc1. The predicted molar refractivity (Wildman–Crippen MR) is 143 cm³/mol. The van der Waals surface area contributed by atoms with Crippen molar-refractivity contribution >= 4 is 21.8 Å². The van der Waals surface area contributed by atoms with E-state index < -0.39 is 32.9 Å². The molecule has 0 aromatic heterocycles. The van der Waals surface area contributed by atoms with Gasteiger partial charge in [-0.3, -0.25) is 0 Å². The largest absolute Gasteiger partial charge is 0.462 e. The van der Waals surface area contributed by atoms with Crippen LogP contribution < -0.4 is 4.74 Å². The zero-order valence-electron chi connectivity index (χ0n) is 21.3. The molecule has 0 aliphatic heterocycles. The molecule has 196 valence electrons. The lowest BCUT2D eigenvalue weighted by Gasteiger charge is -2.27. The third kappa shape index (κ3) is 7.52. The number of ether oxygens (including phenoxy) is 2. The second kappa shape index (κ2) is 13.7. The van der Waals surface area contributed by atoms with Crippen LogP contribution in [0.4, 0.5) is 0 Å². The van der Waals surface area contributed by atoms with Crippen molar-refractivity contribution in [3.8, 4) is 5.75 Å². The summed E-state index contributed by atoms with van der Waals surface area (Å²) in [6, 6.07) is 23.3. The lowest BCUT2D eigenvalue weighted by molar-refractivity contribution is 0.0424. The maximum Gasteiger partial charge on any atom is 0.343 e. The minimum atomic E-state index is -3.93. The number of sulfone groups is 1. The molecule has 0 N–H and O–H groups in total. The summed E-state index contributed by atoms with van der Waals surface area (Å²) >= 11 is 0. The van der Waals surface area contributed by atoms with Gasteiger partial charge in [0.1, 0.15) is 10.6 Å². The highest BCUT2D eigenvalue weighted by atomic mass is 32.2. The molecular formula is C30H34O6S. The average molecular weight is 523 g/mol. The van der Waals surface area contributed by atoms with Crippen molar-refractivity contribution in [2.45, 2.75) is 56.1 Å². The third-order valence-electron chi connectivity index (χ3n) is 6.23. The number of carbonyl (C=O) groups excluding carboxylic acids is 2. The second-order valence-electron chi connectivity index (χ2n) is 8.94. The molecule has 3 rings (SSSR count). The van der Waals surface area contributed by atoms with Gasteiger partial charge in [0.05, 0.1) is 23.0 Å². The molecular weight excluding hydrogens is 488 g/mol. The fourth-order valence-electron chi connectivity index (χ4n) is 4.28. The number of carbonyl (C=O) groups is 2. The Balaban J connectivity index is 1.89. The van der Waals surface area contributed by atoms with Crippen LogP contribution >= 0.6 is 0 Å². The van der Waals surface area contributed by atoms with Gasteiger partial charge in [-0.1, -0.05) is 81.6 Å². The Morgan fingerprint density at radius 1 is 0.730 bits per heavy atom. The third-order valence-corrected chi connectivity index (χ3v) is 8.60. The molecule has 0 aliphatic carbocycles. The van der Waals surface area contributed by atoms with Gasteiger partial charge in [0, 0.05) is 5.92 Å². The van der Waals surface area contributed by atoms with Gasteiger partial charge in [-0.25, -0.2) is 18.0 Å². The molecule has 0 saturated carbocycles. The monoisotopic (exact) mass is 522 g/mol. The molecule has 0 spiro atoms. The van der Waals surface area contributed by atoms with E-state index >= 15 is 0 Å². The summed E-state index contributed by atoms with van der Waals surface area (Å²) in [6.45, 7) is 3.95. The van der Waals surface area contributed by atoms with E-state index in [2.05, 4.69) is 0 Å². The summed E-state index contributed by atoms with van der Waals surface area (Å²) in [5, 5.41) is -0.802. The Labute approximate surface area is 219 Å². The Morgan fingerprint density at radius 3 is 1.89 bits per heavy atom. The molecule has 0 amide bonds. The lowest BCUT2D eigenvalue weighted by Crippen LogP contribution is -2.34. The standard InChI is InChI=1S/C30H34O6S/c1-3-5-15-25(22-35-29(31)23-16-8-6-9-17-23)27(14-4-2)37(33,34)28-21-13-12-20-26(28)36-30(32)24-18-10-7-11-19-24/h6-13,16-21,25,27H,3-5,14-15,22H2,1-2H3. The number of benzene rings is 3. The molecule has 3 aromatic rings. The first-order valence-corrected chi connectivity index (χ1v) is 14.2. The van der Waals surface area contributed by atoms with Crippen LogP contribution in [0.5, 0.6) is 5.75 Å². The molecule has 37 heavy (non-hydrogen) atoms. The molecule has 6 nitrogen and oxygen atoms in total. The number of unbranched alkanes of at least 4 members (excludes halogenated alkanes) is 1. The fourth-order valence-corrected chi connectivity index (χ4v) is 6.53. The van der Waals surface area contributed by atoms with E-state index in [9.17, 15) is 18.0 Å². The normalized spacial score (nSPS) is 12.9. The van der Waals surface area contributed by atoms with Crippen molar-refractivity contribution in [3.63, 3.8) is 0 Å². The zero-order valence-corrected chi connectivity index (χ0v) is 22.2. The van der Waals surface area contributed by atoms with E-state index in [-0.39, 0.29) is 17.3 Å². The van der Waals surface area contributed by atoms with Gasteiger partial charge in [-0.05, 0) is 49.2 Å². The van der Waals surface area contributed by atoms with Gasteiger partial charge in [-0.2, -0.15) is 0 Å². The highest BCUT2D eigenvalue weighted by Gasteiger charge is 2.36. The zero-order chi connectivity index (χ0) is 26.7. The van der Waals surface area contributed by atoms with Gasteiger partial charge >= 0.3 is 11.9 Å². The summed E-state index contributed by atoms with van der Waals surface area (Å²) in [6.07, 6.45) is 3.29. The van der Waals surface area contributed by atoms with E-state index in [1.807, 2.05) is 19.9 Å². The molecule has 0 fully saturated rings. The Kier molecular flexibility index (Phi) is 10.4. The summed E-state index contributed by atoms with van der Waals surface area (Å²) < 4.78 is 39.3. The lowest BCUT2D eigenvalue weighted by atomic mass is 9.96. The van der Waals surface area contributed by atoms with Crippen LogP contribution in [-0.4, -0.2) is 32.2 Å². The quantitative estimate of drug-likeness (QED) is 0.188. The maximum atomic E-state index is 14.0. The second-order valence-corrected chi connectivity index (χ2v) is 11.1. The minimum absolute atomic E-state index is 0.00650. The van der Waals surface area contributed by atoms with Crippen LogP contribution in [0.1, 0.15) is 66.7 Å². The molecule has 0 aliphatic rings. The van der Waals surface area contributed by atoms with Crippen molar-refractivity contribution in [1.29, 1.82) is 0 Å². The highest BCUT2D eigenvalue weighted by molar-refractivity contribution is 7.92. The van der Waals surface area contributed by atoms with E-state index in [0.29, 0.717) is 30.4 Å². The number of rotatable bonds is 13. The number of hydrogen-bond acceptors (Lipinski definition) is 6. The number of hydrogen-bond donors (Lipinski definition) is 0. The van der Waals surface area contributed by atoms with Gasteiger partial charge in [0.25, 0.3) is 0 Å². The first kappa shape index (κ1) is 28.1. The van der Waals surface area contributed by atoms with Crippen molar-refractivity contribution in [3.05, 3.63) is 96.1 Å². The van der Waals surface area contributed by atoms with Crippen LogP contribution in [0.2, 0.25) is 0 Å². The van der Waals surface area contributed by atoms with Crippen LogP contribution in [0.3, 0.4) is 0 Å². The molecule has 0 radical (unpaired) electrons. The smallest absolute Gasteiger partial charge is 0.343 e. The van der Waals surface area contributed by atoms with Crippen molar-refractivity contribution in [1.82, 2.24) is 0 Å². The minimum Gasteiger partial charge on any atom is -0.462 e. The van der Waals surface area contributed by atoms with Crippen LogP contribution in [-0.2, 0) is 14.6 Å². The summed E-state index contributed by atoms with van der Waals surface area (Å²) in [4.78, 5) is 25.3. The molecule has 0 bridgehead atoms. The van der Waals surface area contributed by atoms with Gasteiger partial charge in [-0.15, -0.1) is 0 Å². The Morgan fingerprint density at radius 2 is 1.30 bits per heavy atom. The highest BCUT2D eigenvalue weighted by Crippen LogP contribution is 2.34.